The summed E-state index contributed by atoms with van der Waals surface area (Å²) in [4.78, 5) is 0. The smallest absolute Gasteiger partial charge is 0.231 e. The first-order chi connectivity index (χ1) is 7.26. The van der Waals surface area contributed by atoms with Gasteiger partial charge in [-0.15, -0.1) is 0 Å². The Kier molecular flexibility index (Phi) is 3.00. The van der Waals surface area contributed by atoms with Crippen molar-refractivity contribution in [1.82, 2.24) is 5.32 Å². The van der Waals surface area contributed by atoms with E-state index in [1.54, 1.807) is 0 Å². The van der Waals surface area contributed by atoms with Crippen molar-refractivity contribution in [3.05, 3.63) is 22.7 Å². The van der Waals surface area contributed by atoms with Gasteiger partial charge in [-0.3, -0.25) is 0 Å². The molecular weight excluding hydrogens is 216 g/mol. The van der Waals surface area contributed by atoms with Crippen LogP contribution in [0.3, 0.4) is 0 Å². The fraction of sp³-hybridized carbons (Fsp3) is 0.400. The SMILES string of the molecule is CNC(CN)c1cc(Cl)c2c(c1)OCO2. The van der Waals surface area contributed by atoms with E-state index >= 15 is 0 Å². The van der Waals surface area contributed by atoms with Crippen LogP contribution in [0.2, 0.25) is 5.02 Å². The van der Waals surface area contributed by atoms with Gasteiger partial charge in [-0.05, 0) is 24.7 Å². The Morgan fingerprint density at radius 2 is 2.33 bits per heavy atom. The van der Waals surface area contributed by atoms with E-state index in [1.807, 2.05) is 19.2 Å². The van der Waals surface area contributed by atoms with Crippen molar-refractivity contribution >= 4 is 11.6 Å². The minimum Gasteiger partial charge on any atom is -0.454 e. The molecule has 0 amide bonds. The Hall–Kier alpha value is -0.970. The molecule has 0 aliphatic carbocycles. The predicted molar refractivity (Wildman–Crippen MR) is 58.4 cm³/mol. The lowest BCUT2D eigenvalue weighted by Gasteiger charge is -2.15. The summed E-state index contributed by atoms with van der Waals surface area (Å²) in [6.45, 7) is 0.734. The fourth-order valence-corrected chi connectivity index (χ4v) is 1.88. The summed E-state index contributed by atoms with van der Waals surface area (Å²) in [7, 11) is 1.86. The predicted octanol–water partition coefficient (Wildman–Crippen LogP) is 1.29. The monoisotopic (exact) mass is 228 g/mol. The molecule has 1 aromatic carbocycles. The molecule has 0 saturated carbocycles. The van der Waals surface area contributed by atoms with E-state index in [9.17, 15) is 0 Å². The summed E-state index contributed by atoms with van der Waals surface area (Å²) in [6, 6.07) is 3.84. The molecule has 0 fully saturated rings. The molecule has 1 aromatic rings. The number of rotatable bonds is 3. The number of hydrogen-bond acceptors (Lipinski definition) is 4. The molecule has 1 aliphatic heterocycles. The van der Waals surface area contributed by atoms with Gasteiger partial charge in [0.1, 0.15) is 0 Å². The van der Waals surface area contributed by atoms with Crippen LogP contribution in [-0.4, -0.2) is 20.4 Å². The first-order valence-electron chi connectivity index (χ1n) is 4.72. The third kappa shape index (κ3) is 1.88. The van der Waals surface area contributed by atoms with Crippen LogP contribution in [0.25, 0.3) is 0 Å². The van der Waals surface area contributed by atoms with Gasteiger partial charge >= 0.3 is 0 Å². The molecule has 1 aliphatic rings. The van der Waals surface area contributed by atoms with E-state index in [-0.39, 0.29) is 12.8 Å². The van der Waals surface area contributed by atoms with Gasteiger partial charge < -0.3 is 20.5 Å². The zero-order valence-corrected chi connectivity index (χ0v) is 9.17. The number of benzene rings is 1. The first kappa shape index (κ1) is 10.5. The molecule has 5 heteroatoms. The number of hydrogen-bond donors (Lipinski definition) is 2. The van der Waals surface area contributed by atoms with Crippen LogP contribution in [0, 0.1) is 0 Å². The highest BCUT2D eigenvalue weighted by atomic mass is 35.5. The van der Waals surface area contributed by atoms with Crippen molar-refractivity contribution in [2.45, 2.75) is 6.04 Å². The molecule has 1 unspecified atom stereocenters. The largest absolute Gasteiger partial charge is 0.454 e. The van der Waals surface area contributed by atoms with Crippen LogP contribution in [0.15, 0.2) is 12.1 Å². The minimum absolute atomic E-state index is 0.0806. The Bertz CT molecular complexity index is 367. The summed E-state index contributed by atoms with van der Waals surface area (Å²) >= 11 is 6.06. The number of nitrogens with two attached hydrogens (primary N) is 1. The second kappa shape index (κ2) is 4.26. The summed E-state index contributed by atoms with van der Waals surface area (Å²) in [5.41, 5.74) is 6.64. The highest BCUT2D eigenvalue weighted by Gasteiger charge is 2.20. The van der Waals surface area contributed by atoms with Gasteiger partial charge in [0, 0.05) is 12.6 Å². The normalized spacial score (nSPS) is 15.4. The lowest BCUT2D eigenvalue weighted by molar-refractivity contribution is 0.174. The van der Waals surface area contributed by atoms with Crippen molar-refractivity contribution in [1.29, 1.82) is 0 Å². The molecule has 0 saturated heterocycles. The Morgan fingerprint density at radius 3 is 3.00 bits per heavy atom. The summed E-state index contributed by atoms with van der Waals surface area (Å²) in [5, 5.41) is 3.67. The molecule has 82 valence electrons. The van der Waals surface area contributed by atoms with Crippen molar-refractivity contribution in [3.8, 4) is 11.5 Å². The van der Waals surface area contributed by atoms with Crippen LogP contribution in [-0.2, 0) is 0 Å². The third-order valence-electron chi connectivity index (χ3n) is 2.44. The van der Waals surface area contributed by atoms with Gasteiger partial charge in [0.05, 0.1) is 5.02 Å². The Balaban J connectivity index is 2.38. The average Bonchev–Trinajstić information content (AvgIpc) is 2.68. The zero-order chi connectivity index (χ0) is 10.8. The third-order valence-corrected chi connectivity index (χ3v) is 2.72. The molecule has 15 heavy (non-hydrogen) atoms. The molecule has 0 bridgehead atoms. The van der Waals surface area contributed by atoms with Gasteiger partial charge in [0.15, 0.2) is 11.5 Å². The first-order valence-corrected chi connectivity index (χ1v) is 5.10. The Morgan fingerprint density at radius 1 is 1.53 bits per heavy atom. The maximum absolute atomic E-state index is 6.06. The average molecular weight is 229 g/mol. The van der Waals surface area contributed by atoms with Crippen molar-refractivity contribution in [2.24, 2.45) is 5.73 Å². The molecule has 1 atom stereocenters. The number of nitrogens with one attached hydrogen (secondary N) is 1. The van der Waals surface area contributed by atoms with Gasteiger partial charge in [-0.1, -0.05) is 11.6 Å². The highest BCUT2D eigenvalue weighted by molar-refractivity contribution is 6.32. The van der Waals surface area contributed by atoms with Crippen LogP contribution in [0.5, 0.6) is 11.5 Å². The van der Waals surface area contributed by atoms with Gasteiger partial charge in [-0.25, -0.2) is 0 Å². The van der Waals surface area contributed by atoms with Crippen molar-refractivity contribution in [2.75, 3.05) is 20.4 Å². The van der Waals surface area contributed by atoms with Gasteiger partial charge in [0.25, 0.3) is 0 Å². The van der Waals surface area contributed by atoms with E-state index in [0.29, 0.717) is 23.1 Å². The van der Waals surface area contributed by atoms with Gasteiger partial charge in [0.2, 0.25) is 6.79 Å². The van der Waals surface area contributed by atoms with Crippen molar-refractivity contribution in [3.63, 3.8) is 0 Å². The summed E-state index contributed by atoms with van der Waals surface area (Å²) in [6.07, 6.45) is 0. The molecule has 3 N–H and O–H groups in total. The highest BCUT2D eigenvalue weighted by Crippen LogP contribution is 2.40. The maximum atomic E-state index is 6.06. The van der Waals surface area contributed by atoms with E-state index in [0.717, 1.165) is 5.56 Å². The second-order valence-electron chi connectivity index (χ2n) is 3.31. The maximum Gasteiger partial charge on any atom is 0.231 e. The quantitative estimate of drug-likeness (QED) is 0.819. The molecule has 0 radical (unpaired) electrons. The van der Waals surface area contributed by atoms with E-state index in [1.165, 1.54) is 0 Å². The molecular formula is C10H13ClN2O2. The number of halogens is 1. The standard InChI is InChI=1S/C10H13ClN2O2/c1-13-8(4-12)6-2-7(11)10-9(3-6)14-5-15-10/h2-3,8,13H,4-5,12H2,1H3. The number of ether oxygens (including phenoxy) is 2. The molecule has 1 heterocycles. The minimum atomic E-state index is 0.0806. The van der Waals surface area contributed by atoms with Crippen LogP contribution in [0.1, 0.15) is 11.6 Å². The number of likely N-dealkylation sites (N-methyl/N-ethyl adjacent to an activating group) is 1. The summed E-state index contributed by atoms with van der Waals surface area (Å²) < 4.78 is 10.5. The van der Waals surface area contributed by atoms with Crippen LogP contribution in [0.4, 0.5) is 0 Å². The second-order valence-corrected chi connectivity index (χ2v) is 3.72. The Labute approximate surface area is 93.3 Å². The fourth-order valence-electron chi connectivity index (χ4n) is 1.61. The molecule has 0 aromatic heterocycles. The number of fused-ring (bicyclic) bond motifs is 1. The summed E-state index contributed by atoms with van der Waals surface area (Å²) in [5.74, 6) is 1.30. The van der Waals surface area contributed by atoms with Crippen molar-refractivity contribution < 1.29 is 9.47 Å². The van der Waals surface area contributed by atoms with E-state index in [4.69, 9.17) is 26.8 Å². The van der Waals surface area contributed by atoms with Gasteiger partial charge in [-0.2, -0.15) is 0 Å². The van der Waals surface area contributed by atoms with Crippen LogP contribution < -0.4 is 20.5 Å². The lowest BCUT2D eigenvalue weighted by atomic mass is 10.1. The van der Waals surface area contributed by atoms with E-state index < -0.39 is 0 Å². The zero-order valence-electron chi connectivity index (χ0n) is 8.42. The lowest BCUT2D eigenvalue weighted by Crippen LogP contribution is -2.24. The topological polar surface area (TPSA) is 56.5 Å². The molecule has 0 spiro atoms. The van der Waals surface area contributed by atoms with E-state index in [2.05, 4.69) is 5.32 Å². The molecule has 4 nitrogen and oxygen atoms in total. The molecule has 2 rings (SSSR count). The van der Waals surface area contributed by atoms with Crippen LogP contribution >= 0.6 is 11.6 Å².